The van der Waals surface area contributed by atoms with Crippen molar-refractivity contribution in [2.45, 2.75) is 19.0 Å². The van der Waals surface area contributed by atoms with Gasteiger partial charge in [0.05, 0.1) is 5.69 Å². The molecule has 184 valence electrons. The highest BCUT2D eigenvalue weighted by Crippen LogP contribution is 2.39. The van der Waals surface area contributed by atoms with Crippen molar-refractivity contribution in [3.05, 3.63) is 35.9 Å². The van der Waals surface area contributed by atoms with Crippen molar-refractivity contribution in [2.75, 3.05) is 56.3 Å². The summed E-state index contributed by atoms with van der Waals surface area (Å²) in [6.07, 6.45) is 2.41. The molecule has 0 saturated carbocycles. The van der Waals surface area contributed by atoms with Gasteiger partial charge in [-0.3, -0.25) is 5.32 Å². The Morgan fingerprint density at radius 1 is 1.34 bits per heavy atom. The molecule has 1 atom stereocenters. The second kappa shape index (κ2) is 8.81. The summed E-state index contributed by atoms with van der Waals surface area (Å²) in [4.78, 5) is 22.5. The zero-order valence-electron chi connectivity index (χ0n) is 19.5. The minimum Gasteiger partial charge on any atom is -0.474 e. The van der Waals surface area contributed by atoms with Gasteiger partial charge in [0.2, 0.25) is 5.88 Å². The fourth-order valence-corrected chi connectivity index (χ4v) is 4.54. The van der Waals surface area contributed by atoms with E-state index in [0.717, 1.165) is 5.56 Å². The summed E-state index contributed by atoms with van der Waals surface area (Å²) in [5, 5.41) is 6.70. The van der Waals surface area contributed by atoms with Crippen LogP contribution >= 0.6 is 0 Å². The molecule has 4 N–H and O–H groups in total. The molecule has 2 aliphatic rings. The van der Waals surface area contributed by atoms with Crippen LogP contribution in [0.15, 0.2) is 24.5 Å². The third-order valence-electron chi connectivity index (χ3n) is 6.42. The van der Waals surface area contributed by atoms with Crippen molar-refractivity contribution >= 4 is 34.1 Å². The van der Waals surface area contributed by atoms with E-state index in [-0.39, 0.29) is 30.2 Å². The quantitative estimate of drug-likeness (QED) is 0.480. The Morgan fingerprint density at radius 2 is 2.17 bits per heavy atom. The van der Waals surface area contributed by atoms with Crippen molar-refractivity contribution < 1.29 is 23.0 Å². The van der Waals surface area contributed by atoms with Crippen LogP contribution in [0.1, 0.15) is 12.0 Å². The van der Waals surface area contributed by atoms with Crippen molar-refractivity contribution in [1.29, 1.82) is 0 Å². The fourth-order valence-electron chi connectivity index (χ4n) is 4.54. The number of carbonyl (C=O) groups excluding carboxylic acids is 1. The number of nitrogen functional groups attached to an aromatic ring is 1. The number of rotatable bonds is 4. The van der Waals surface area contributed by atoms with Crippen LogP contribution in [0.4, 0.5) is 30.8 Å². The average molecular weight is 485 g/mol. The first-order chi connectivity index (χ1) is 16.7. The lowest BCUT2D eigenvalue weighted by atomic mass is 9.97. The fraction of sp³-hybridized carbons (Fsp3) is 0.375. The molecule has 11 heteroatoms. The smallest absolute Gasteiger partial charge is 0.412 e. The van der Waals surface area contributed by atoms with E-state index in [1.807, 2.05) is 18.9 Å². The van der Waals surface area contributed by atoms with E-state index in [4.69, 9.17) is 15.2 Å². The molecule has 1 saturated heterocycles. The minimum atomic E-state index is -1.57. The van der Waals surface area contributed by atoms with E-state index in [2.05, 4.69) is 20.6 Å². The number of halogens is 2. The molecule has 0 spiro atoms. The van der Waals surface area contributed by atoms with Gasteiger partial charge >= 0.3 is 6.09 Å². The number of hydrogen-bond donors (Lipinski definition) is 3. The Labute approximate surface area is 200 Å². The van der Waals surface area contributed by atoms with Crippen LogP contribution < -0.4 is 21.1 Å². The van der Waals surface area contributed by atoms with Crippen molar-refractivity contribution in [3.63, 3.8) is 0 Å². The van der Waals surface area contributed by atoms with E-state index in [1.165, 1.54) is 6.20 Å². The van der Waals surface area contributed by atoms with Gasteiger partial charge in [0.1, 0.15) is 24.7 Å². The van der Waals surface area contributed by atoms with E-state index in [0.29, 0.717) is 54.0 Å². The number of nitrogens with one attached hydrogen (secondary N) is 2. The van der Waals surface area contributed by atoms with E-state index >= 15 is 4.39 Å². The molecule has 1 fully saturated rings. The lowest BCUT2D eigenvalue weighted by Crippen LogP contribution is -2.34. The lowest BCUT2D eigenvalue weighted by molar-refractivity contribution is 0.0620. The normalized spacial score (nSPS) is 19.7. The number of anilines is 3. The number of alkyl halides is 1. The molecular formula is C24H26F2N6O3. The molecule has 35 heavy (non-hydrogen) atoms. The number of hydrogen-bond acceptors (Lipinski definition) is 8. The van der Waals surface area contributed by atoms with Gasteiger partial charge in [-0.25, -0.2) is 23.5 Å². The molecule has 2 aromatic heterocycles. The number of nitrogens with zero attached hydrogens (tertiary/aromatic N) is 3. The standard InChI is InChI=1S/C24H26F2N6O3/c1-13-16(9-30-22-21(13)28-4-6-34-22)15-7-14-8-18(29-10-17(14)20(27)19(15)25)31-23(33)35-12-24(26)3-5-32(2)11-24/h7-10,28H,3-6,11-12,27H2,1-2H3,(H,29,31,33)/t24-/m1/s1. The molecule has 2 aliphatic heterocycles. The van der Waals surface area contributed by atoms with Crippen LogP contribution in [-0.4, -0.2) is 66.5 Å². The summed E-state index contributed by atoms with van der Waals surface area (Å²) in [5.74, 6) is 0.0576. The van der Waals surface area contributed by atoms with Crippen LogP contribution in [0, 0.1) is 12.7 Å². The number of ether oxygens (including phenoxy) is 2. The van der Waals surface area contributed by atoms with Crippen molar-refractivity contribution in [2.24, 2.45) is 0 Å². The third-order valence-corrected chi connectivity index (χ3v) is 6.42. The number of nitrogens with two attached hydrogens (primary N) is 1. The highest BCUT2D eigenvalue weighted by atomic mass is 19.1. The van der Waals surface area contributed by atoms with Gasteiger partial charge in [-0.2, -0.15) is 0 Å². The first-order valence-electron chi connectivity index (χ1n) is 11.3. The molecule has 0 aliphatic carbocycles. The SMILES string of the molecule is Cc1c(-c2cc3cc(NC(=O)OC[C@@]4(F)CCN(C)C4)ncc3c(N)c2F)cnc2c1NCCO2. The second-order valence-corrected chi connectivity index (χ2v) is 9.03. The topological polar surface area (TPSA) is 115 Å². The zero-order chi connectivity index (χ0) is 24.7. The monoisotopic (exact) mass is 484 g/mol. The van der Waals surface area contributed by atoms with Crippen LogP contribution in [0.25, 0.3) is 21.9 Å². The average Bonchev–Trinajstić information content (AvgIpc) is 3.19. The summed E-state index contributed by atoms with van der Waals surface area (Å²) < 4.78 is 40.6. The van der Waals surface area contributed by atoms with Gasteiger partial charge in [0, 0.05) is 48.5 Å². The van der Waals surface area contributed by atoms with E-state index < -0.39 is 17.6 Å². The third kappa shape index (κ3) is 4.39. The van der Waals surface area contributed by atoms with E-state index in [1.54, 1.807) is 18.3 Å². The number of benzene rings is 1. The van der Waals surface area contributed by atoms with Gasteiger partial charge in [0.15, 0.2) is 11.5 Å². The molecule has 0 radical (unpaired) electrons. The number of pyridine rings is 2. The van der Waals surface area contributed by atoms with E-state index in [9.17, 15) is 9.18 Å². The number of aromatic nitrogens is 2. The highest BCUT2D eigenvalue weighted by molar-refractivity contribution is 5.99. The van der Waals surface area contributed by atoms with Crippen molar-refractivity contribution in [1.82, 2.24) is 14.9 Å². The van der Waals surface area contributed by atoms with Gasteiger partial charge in [-0.05, 0) is 43.5 Å². The maximum Gasteiger partial charge on any atom is 0.412 e. The summed E-state index contributed by atoms with van der Waals surface area (Å²) in [7, 11) is 1.81. The Morgan fingerprint density at radius 3 is 2.94 bits per heavy atom. The maximum absolute atomic E-state index is 15.3. The minimum absolute atomic E-state index is 0.0646. The number of fused-ring (bicyclic) bond motifs is 2. The van der Waals surface area contributed by atoms with Crippen LogP contribution in [0.2, 0.25) is 0 Å². The highest BCUT2D eigenvalue weighted by Gasteiger charge is 2.38. The Hall–Kier alpha value is -3.73. The van der Waals surface area contributed by atoms with Gasteiger partial charge in [-0.1, -0.05) is 0 Å². The first-order valence-corrected chi connectivity index (χ1v) is 11.3. The number of carbonyl (C=O) groups is 1. The summed E-state index contributed by atoms with van der Waals surface area (Å²) >= 11 is 0. The van der Waals surface area contributed by atoms with Crippen LogP contribution in [-0.2, 0) is 4.74 Å². The van der Waals surface area contributed by atoms with Gasteiger partial charge in [-0.15, -0.1) is 0 Å². The molecule has 4 heterocycles. The van der Waals surface area contributed by atoms with Crippen LogP contribution in [0.5, 0.6) is 5.88 Å². The summed E-state index contributed by atoms with van der Waals surface area (Å²) in [6, 6.07) is 3.19. The number of amides is 1. The molecular weight excluding hydrogens is 458 g/mol. The molecule has 1 aromatic carbocycles. The van der Waals surface area contributed by atoms with Crippen LogP contribution in [0.3, 0.4) is 0 Å². The molecule has 3 aromatic rings. The molecule has 0 unspecified atom stereocenters. The Kier molecular flexibility index (Phi) is 5.79. The summed E-state index contributed by atoms with van der Waals surface area (Å²) in [6.45, 7) is 3.45. The maximum atomic E-state index is 15.3. The largest absolute Gasteiger partial charge is 0.474 e. The molecule has 5 rings (SSSR count). The molecule has 0 bridgehead atoms. The predicted octanol–water partition coefficient (Wildman–Crippen LogP) is 3.72. The first kappa shape index (κ1) is 23.0. The Bertz CT molecular complexity index is 1320. The Balaban J connectivity index is 1.41. The molecule has 1 amide bonds. The lowest BCUT2D eigenvalue weighted by Gasteiger charge is -2.22. The van der Waals surface area contributed by atoms with Gasteiger partial charge < -0.3 is 25.4 Å². The van der Waals surface area contributed by atoms with Crippen molar-refractivity contribution in [3.8, 4) is 17.0 Å². The second-order valence-electron chi connectivity index (χ2n) is 9.03. The predicted molar refractivity (Wildman–Crippen MR) is 129 cm³/mol. The molecule has 9 nitrogen and oxygen atoms in total. The number of likely N-dealkylation sites (tertiary alicyclic amines) is 1. The summed E-state index contributed by atoms with van der Waals surface area (Å²) in [5.41, 5.74) is 6.80. The zero-order valence-corrected chi connectivity index (χ0v) is 19.5. The van der Waals surface area contributed by atoms with Gasteiger partial charge in [0.25, 0.3) is 0 Å².